The van der Waals surface area contributed by atoms with Gasteiger partial charge in [-0.2, -0.15) is 4.68 Å². The van der Waals surface area contributed by atoms with E-state index >= 15 is 0 Å². The van der Waals surface area contributed by atoms with E-state index in [4.69, 9.17) is 4.74 Å². The third-order valence-corrected chi connectivity index (χ3v) is 4.41. The summed E-state index contributed by atoms with van der Waals surface area (Å²) >= 11 is 0. The monoisotopic (exact) mass is 424 g/mol. The molecule has 0 saturated heterocycles. The van der Waals surface area contributed by atoms with E-state index in [0.29, 0.717) is 36.8 Å². The number of aromatic nitrogens is 4. The second-order valence-electron chi connectivity index (χ2n) is 6.48. The minimum Gasteiger partial charge on any atom is -1.00 e. The minimum absolute atomic E-state index is 0. The number of halogens is 2. The molecule has 0 bridgehead atoms. The van der Waals surface area contributed by atoms with E-state index in [0.717, 1.165) is 11.3 Å². The average Bonchev–Trinajstić information content (AvgIpc) is 3.21. The van der Waals surface area contributed by atoms with Crippen LogP contribution in [0.5, 0.6) is 11.8 Å². The summed E-state index contributed by atoms with van der Waals surface area (Å²) < 4.78 is 21.1. The maximum atomic E-state index is 13.7. The van der Waals surface area contributed by atoms with Gasteiger partial charge in [-0.05, 0) is 64.9 Å². The van der Waals surface area contributed by atoms with Crippen molar-refractivity contribution in [2.75, 3.05) is 6.54 Å². The van der Waals surface area contributed by atoms with E-state index in [-0.39, 0.29) is 18.2 Å². The van der Waals surface area contributed by atoms with Crippen LogP contribution in [-0.4, -0.2) is 26.8 Å². The normalized spacial score (nSPS) is 10.4. The Hall–Kier alpha value is -3.29. The molecule has 1 N–H and O–H groups in total. The number of ether oxygens (including phenoxy) is 1. The van der Waals surface area contributed by atoms with Crippen LogP contribution in [0.25, 0.3) is 5.69 Å². The lowest BCUT2D eigenvalue weighted by Gasteiger charge is -2.09. The zero-order chi connectivity index (χ0) is 19.9. The van der Waals surface area contributed by atoms with Gasteiger partial charge in [-0.25, -0.2) is 4.39 Å². The molecule has 0 atom stereocenters. The number of hydrogen-bond donors (Lipinski definition) is 1. The van der Waals surface area contributed by atoms with Crippen LogP contribution in [0.3, 0.4) is 0 Å². The summed E-state index contributed by atoms with van der Waals surface area (Å²) in [5.74, 6) is 0.478. The number of rotatable bonds is 8. The van der Waals surface area contributed by atoms with Crippen LogP contribution in [0.4, 0.5) is 4.39 Å². The fourth-order valence-electron chi connectivity index (χ4n) is 2.96. The third-order valence-electron chi connectivity index (χ3n) is 4.41. The molecule has 0 aliphatic carbocycles. The Bertz CT molecular complexity index is 1070. The summed E-state index contributed by atoms with van der Waals surface area (Å²) in [6, 6.07) is 24.4. The highest BCUT2D eigenvalue weighted by Crippen LogP contribution is 2.22. The lowest BCUT2D eigenvalue weighted by molar-refractivity contribution is -0.00000720. The van der Waals surface area contributed by atoms with Crippen molar-refractivity contribution in [3.63, 3.8) is 0 Å². The van der Waals surface area contributed by atoms with Gasteiger partial charge >= 0.3 is 6.01 Å². The summed E-state index contributed by atoms with van der Waals surface area (Å²) in [4.78, 5) is 0. The predicted molar refractivity (Wildman–Crippen MR) is 107 cm³/mol. The van der Waals surface area contributed by atoms with Crippen molar-refractivity contribution in [2.24, 2.45) is 0 Å². The zero-order valence-corrected chi connectivity index (χ0v) is 16.8. The van der Waals surface area contributed by atoms with Crippen molar-refractivity contribution in [1.29, 1.82) is 0 Å². The first-order valence-electron chi connectivity index (χ1n) is 9.34. The molecule has 4 aromatic rings. The Morgan fingerprint density at radius 2 is 1.73 bits per heavy atom. The predicted octanol–water partition coefficient (Wildman–Crippen LogP) is 0.930. The second-order valence-corrected chi connectivity index (χ2v) is 6.48. The molecule has 1 heterocycles. The lowest BCUT2D eigenvalue weighted by atomic mass is 10.1. The van der Waals surface area contributed by atoms with Gasteiger partial charge in [0.15, 0.2) is 0 Å². The van der Waals surface area contributed by atoms with Crippen molar-refractivity contribution in [1.82, 2.24) is 25.5 Å². The Morgan fingerprint density at radius 1 is 0.933 bits per heavy atom. The second kappa shape index (κ2) is 10.5. The Labute approximate surface area is 180 Å². The van der Waals surface area contributed by atoms with Gasteiger partial charge in [0, 0.05) is 6.54 Å². The topological polar surface area (TPSA) is 64.9 Å². The minimum atomic E-state index is -0.166. The van der Waals surface area contributed by atoms with Crippen LogP contribution in [-0.2, 0) is 13.0 Å². The van der Waals surface area contributed by atoms with E-state index < -0.39 is 0 Å². The van der Waals surface area contributed by atoms with Gasteiger partial charge in [0.05, 0.1) is 5.69 Å². The van der Waals surface area contributed by atoms with Crippen molar-refractivity contribution >= 4 is 0 Å². The molecule has 0 aliphatic rings. The number of benzene rings is 3. The fraction of sp³-hybridized carbons (Fsp3) is 0.136. The summed E-state index contributed by atoms with van der Waals surface area (Å²) in [6.07, 6.45) is 0.634. The molecular formula is C22H20ClFN5O-. The van der Waals surface area contributed by atoms with E-state index in [1.165, 1.54) is 6.07 Å². The van der Waals surface area contributed by atoms with E-state index in [1.807, 2.05) is 66.7 Å². The smallest absolute Gasteiger partial charge is 0.345 e. The van der Waals surface area contributed by atoms with Crippen LogP contribution in [0, 0.1) is 5.82 Å². The number of hydrogen-bond acceptors (Lipinski definition) is 5. The standard InChI is InChI=1S/C22H20FN5O.ClH/c23-21-12-5-4-8-18(21)13-14-24-16-17-7-6-11-20(15-17)29-22-25-26-27-28(22)19-9-2-1-3-10-19;/h1-12,15,24H,13-14,16H2;1H/p-1. The Morgan fingerprint density at radius 3 is 2.57 bits per heavy atom. The molecule has 154 valence electrons. The molecule has 30 heavy (non-hydrogen) atoms. The highest BCUT2D eigenvalue weighted by molar-refractivity contribution is 5.34. The number of nitrogens with one attached hydrogen (secondary N) is 1. The summed E-state index contributed by atoms with van der Waals surface area (Å²) in [5.41, 5.74) is 2.58. The van der Waals surface area contributed by atoms with Crippen LogP contribution in [0.1, 0.15) is 11.1 Å². The molecule has 1 aromatic heterocycles. The molecule has 0 saturated carbocycles. The summed E-state index contributed by atoms with van der Waals surface area (Å²) in [7, 11) is 0. The summed E-state index contributed by atoms with van der Waals surface area (Å²) in [5, 5.41) is 15.0. The number of para-hydroxylation sites is 1. The van der Waals surface area contributed by atoms with Gasteiger partial charge in [-0.1, -0.05) is 53.6 Å². The highest BCUT2D eigenvalue weighted by atomic mass is 35.5. The molecule has 6 nitrogen and oxygen atoms in total. The molecule has 0 radical (unpaired) electrons. The molecule has 0 amide bonds. The van der Waals surface area contributed by atoms with E-state index in [1.54, 1.807) is 10.7 Å². The first-order valence-corrected chi connectivity index (χ1v) is 9.34. The molecule has 4 rings (SSSR count). The average molecular weight is 425 g/mol. The molecule has 0 aliphatic heterocycles. The van der Waals surface area contributed by atoms with Crippen LogP contribution < -0.4 is 22.5 Å². The molecule has 0 spiro atoms. The first kappa shape index (κ1) is 21.4. The van der Waals surface area contributed by atoms with Crippen LogP contribution in [0.15, 0.2) is 78.9 Å². The number of tetrazole rings is 1. The molecule has 0 fully saturated rings. The maximum Gasteiger partial charge on any atom is 0.345 e. The first-order chi connectivity index (χ1) is 14.3. The SMILES string of the molecule is Fc1ccccc1CCNCc1cccc(Oc2nnnn2-c2ccccc2)c1.[Cl-]. The van der Waals surface area contributed by atoms with Crippen LogP contribution >= 0.6 is 0 Å². The van der Waals surface area contributed by atoms with Crippen molar-refractivity contribution in [3.8, 4) is 17.4 Å². The van der Waals surface area contributed by atoms with E-state index in [9.17, 15) is 4.39 Å². The van der Waals surface area contributed by atoms with Gasteiger partial charge in [0.25, 0.3) is 0 Å². The molecule has 3 aromatic carbocycles. The van der Waals surface area contributed by atoms with Crippen molar-refractivity contribution in [2.45, 2.75) is 13.0 Å². The maximum absolute atomic E-state index is 13.7. The number of nitrogens with zero attached hydrogens (tertiary/aromatic N) is 4. The summed E-state index contributed by atoms with van der Waals surface area (Å²) in [6.45, 7) is 1.33. The molecule has 0 unspecified atom stereocenters. The van der Waals surface area contributed by atoms with E-state index in [2.05, 4.69) is 20.8 Å². The van der Waals surface area contributed by atoms with Crippen molar-refractivity contribution < 1.29 is 21.5 Å². The van der Waals surface area contributed by atoms with Gasteiger partial charge in [-0.3, -0.25) is 0 Å². The third kappa shape index (κ3) is 5.40. The quantitative estimate of drug-likeness (QED) is 0.426. The molecular weight excluding hydrogens is 405 g/mol. The van der Waals surface area contributed by atoms with Gasteiger partial charge in [0.1, 0.15) is 11.6 Å². The highest BCUT2D eigenvalue weighted by Gasteiger charge is 2.10. The Balaban J connectivity index is 0.00000256. The molecule has 8 heteroatoms. The lowest BCUT2D eigenvalue weighted by Crippen LogP contribution is -3.00. The van der Waals surface area contributed by atoms with Gasteiger partial charge in [-0.15, -0.1) is 0 Å². The van der Waals surface area contributed by atoms with Crippen LogP contribution in [0.2, 0.25) is 0 Å². The van der Waals surface area contributed by atoms with Gasteiger partial charge in [0.2, 0.25) is 0 Å². The fourth-order valence-corrected chi connectivity index (χ4v) is 2.96. The Kier molecular flexibility index (Phi) is 7.48. The largest absolute Gasteiger partial charge is 1.00 e. The van der Waals surface area contributed by atoms with Crippen molar-refractivity contribution in [3.05, 3.63) is 95.8 Å². The zero-order valence-electron chi connectivity index (χ0n) is 16.1. The van der Waals surface area contributed by atoms with Gasteiger partial charge < -0.3 is 22.5 Å².